The van der Waals surface area contributed by atoms with Crippen molar-refractivity contribution in [1.29, 1.82) is 0 Å². The van der Waals surface area contributed by atoms with E-state index in [1.165, 1.54) is 30.1 Å². The van der Waals surface area contributed by atoms with Gasteiger partial charge < -0.3 is 39.2 Å². The summed E-state index contributed by atoms with van der Waals surface area (Å²) in [5.41, 5.74) is 0.740. The van der Waals surface area contributed by atoms with Crippen LogP contribution in [0.4, 0.5) is 11.4 Å². The standard InChI is InChI=1S/C26H35N5O12P2S/c1-29(2)22-9-4-8-21-20(22)7-5-10-25(21)46(41,42)28-27-18-19-11-12-23(31(33)34)24(17-19)43-16-6-14-30(3)15-13-26(32,44(35,36)37)45(38,39)40/h4-5,7-12,17-18,28,32H,6,13-16H2,1-3H3,(H2,35,36,37)(H2,38,39,40)/b27-18+. The second-order valence-electron chi connectivity index (χ2n) is 10.5. The molecule has 0 spiro atoms. The molecule has 0 amide bonds. The van der Waals surface area contributed by atoms with Gasteiger partial charge in [-0.15, -0.1) is 0 Å². The Balaban J connectivity index is 1.66. The van der Waals surface area contributed by atoms with Crippen molar-refractivity contribution in [2.24, 2.45) is 5.10 Å². The minimum absolute atomic E-state index is 0.0108. The summed E-state index contributed by atoms with van der Waals surface area (Å²) in [5, 5.41) is 23.0. The molecule has 20 heteroatoms. The average Bonchev–Trinajstić information content (AvgIpc) is 2.96. The topological polar surface area (TPSA) is 253 Å². The molecule has 0 aliphatic rings. The quantitative estimate of drug-likeness (QED) is 0.0412. The number of ether oxygens (including phenoxy) is 1. The lowest BCUT2D eigenvalue weighted by atomic mass is 10.1. The summed E-state index contributed by atoms with van der Waals surface area (Å²) in [6.45, 7) is -0.209. The zero-order valence-corrected chi connectivity index (χ0v) is 27.6. The highest BCUT2D eigenvalue weighted by Crippen LogP contribution is 2.68. The highest BCUT2D eigenvalue weighted by molar-refractivity contribution is 7.89. The number of fused-ring (bicyclic) bond motifs is 1. The van der Waals surface area contributed by atoms with Crippen LogP contribution in [-0.2, 0) is 19.2 Å². The lowest BCUT2D eigenvalue weighted by Gasteiger charge is -2.30. The lowest BCUT2D eigenvalue weighted by molar-refractivity contribution is -0.385. The molecule has 3 aromatic carbocycles. The van der Waals surface area contributed by atoms with Crippen LogP contribution < -0.4 is 14.5 Å². The van der Waals surface area contributed by atoms with Crippen LogP contribution in [0.3, 0.4) is 0 Å². The molecule has 17 nitrogen and oxygen atoms in total. The molecule has 252 valence electrons. The van der Waals surface area contributed by atoms with Crippen molar-refractivity contribution < 1.29 is 51.9 Å². The van der Waals surface area contributed by atoms with Crippen LogP contribution in [0, 0.1) is 10.1 Å². The van der Waals surface area contributed by atoms with Gasteiger partial charge in [0.1, 0.15) is 0 Å². The summed E-state index contributed by atoms with van der Waals surface area (Å²) in [6.07, 6.45) is 0.450. The number of nitrogens with one attached hydrogen (secondary N) is 1. The van der Waals surface area contributed by atoms with Gasteiger partial charge in [0.2, 0.25) is 0 Å². The fourth-order valence-corrected chi connectivity index (χ4v) is 7.57. The molecular formula is C26H35N5O12P2S. The van der Waals surface area contributed by atoms with E-state index in [2.05, 4.69) is 9.93 Å². The van der Waals surface area contributed by atoms with Gasteiger partial charge in [-0.05, 0) is 43.3 Å². The first-order chi connectivity index (χ1) is 21.3. The van der Waals surface area contributed by atoms with Gasteiger partial charge >= 0.3 is 20.9 Å². The molecule has 0 saturated heterocycles. The number of sulfonamides is 1. The van der Waals surface area contributed by atoms with Crippen molar-refractivity contribution >= 4 is 53.6 Å². The Bertz CT molecular complexity index is 1790. The highest BCUT2D eigenvalue weighted by atomic mass is 32.2. The molecule has 6 N–H and O–H groups in total. The van der Waals surface area contributed by atoms with Gasteiger partial charge in [0.15, 0.2) is 5.75 Å². The molecule has 0 aromatic heterocycles. The first-order valence-electron chi connectivity index (χ1n) is 13.5. The van der Waals surface area contributed by atoms with Crippen LogP contribution >= 0.6 is 15.2 Å². The Morgan fingerprint density at radius 1 is 1.00 bits per heavy atom. The summed E-state index contributed by atoms with van der Waals surface area (Å²) in [6, 6.07) is 14.0. The molecule has 0 atom stereocenters. The summed E-state index contributed by atoms with van der Waals surface area (Å²) in [7, 11) is -10.1. The van der Waals surface area contributed by atoms with E-state index in [1.807, 2.05) is 31.1 Å². The van der Waals surface area contributed by atoms with Gasteiger partial charge in [-0.1, -0.05) is 24.3 Å². The molecule has 0 unspecified atom stereocenters. The zero-order chi connectivity index (χ0) is 34.5. The molecular weight excluding hydrogens is 668 g/mol. The maximum absolute atomic E-state index is 13.1. The van der Waals surface area contributed by atoms with Gasteiger partial charge in [0, 0.05) is 56.1 Å². The predicted octanol–water partition coefficient (Wildman–Crippen LogP) is 2.22. The van der Waals surface area contributed by atoms with E-state index in [-0.39, 0.29) is 48.0 Å². The average molecular weight is 704 g/mol. The molecule has 0 saturated carbocycles. The van der Waals surface area contributed by atoms with Crippen LogP contribution in [0.2, 0.25) is 0 Å². The van der Waals surface area contributed by atoms with Gasteiger partial charge in [-0.25, -0.2) is 4.83 Å². The third-order valence-electron chi connectivity index (χ3n) is 6.90. The molecule has 0 aliphatic carbocycles. The summed E-state index contributed by atoms with van der Waals surface area (Å²) < 4.78 is 54.8. The normalized spacial score (nSPS) is 13.0. The number of nitro groups is 1. The third kappa shape index (κ3) is 8.67. The lowest BCUT2D eigenvalue weighted by Crippen LogP contribution is -2.34. The van der Waals surface area contributed by atoms with Crippen molar-refractivity contribution in [1.82, 2.24) is 9.73 Å². The molecule has 0 aliphatic heterocycles. The first-order valence-corrected chi connectivity index (χ1v) is 18.2. The fraction of sp³-hybridized carbons (Fsp3) is 0.346. The second kappa shape index (κ2) is 14.5. The molecule has 3 aromatic rings. The highest BCUT2D eigenvalue weighted by Gasteiger charge is 2.58. The largest absolute Gasteiger partial charge is 0.487 e. The second-order valence-corrected chi connectivity index (χ2v) is 16.1. The number of rotatable bonds is 16. The number of nitrogens with zero attached hydrogens (tertiary/aromatic N) is 4. The van der Waals surface area contributed by atoms with Crippen molar-refractivity contribution in [2.75, 3.05) is 45.7 Å². The van der Waals surface area contributed by atoms with Crippen LogP contribution in [0.15, 0.2) is 64.6 Å². The summed E-state index contributed by atoms with van der Waals surface area (Å²) in [5.74, 6) is -0.137. The van der Waals surface area contributed by atoms with Crippen LogP contribution in [-0.4, -0.2) is 95.1 Å². The number of nitro benzene ring substituents is 1. The van der Waals surface area contributed by atoms with E-state index < -0.39 is 41.6 Å². The summed E-state index contributed by atoms with van der Waals surface area (Å²) >= 11 is 0. The minimum Gasteiger partial charge on any atom is -0.487 e. The number of hydrogen-bond donors (Lipinski definition) is 6. The maximum atomic E-state index is 13.1. The molecule has 0 bridgehead atoms. The first kappa shape index (κ1) is 37.0. The number of hydrazone groups is 1. The van der Waals surface area contributed by atoms with Crippen LogP contribution in [0.5, 0.6) is 5.75 Å². The van der Waals surface area contributed by atoms with Gasteiger partial charge in [-0.3, -0.25) is 19.2 Å². The Hall–Kier alpha value is -3.44. The van der Waals surface area contributed by atoms with E-state index in [0.717, 1.165) is 23.4 Å². The van der Waals surface area contributed by atoms with Crippen LogP contribution in [0.25, 0.3) is 10.8 Å². The van der Waals surface area contributed by atoms with Crippen molar-refractivity contribution in [3.8, 4) is 5.75 Å². The van der Waals surface area contributed by atoms with Crippen LogP contribution in [0.1, 0.15) is 18.4 Å². The Morgan fingerprint density at radius 2 is 1.63 bits per heavy atom. The molecule has 0 radical (unpaired) electrons. The molecule has 0 heterocycles. The smallest absolute Gasteiger partial charge is 0.369 e. The predicted molar refractivity (Wildman–Crippen MR) is 171 cm³/mol. The van der Waals surface area contributed by atoms with Crippen molar-refractivity contribution in [2.45, 2.75) is 22.8 Å². The Labute approximate surface area is 264 Å². The SMILES string of the molecule is CN(CCCOc1cc(/C=N/NS(=O)(=O)c2cccc3c(N(C)C)cccc23)ccc1[N+](=O)[O-])CCC(O)(P(=O)(O)O)P(=O)(O)O. The third-order valence-corrected chi connectivity index (χ3v) is 12.1. The van der Waals surface area contributed by atoms with Crippen molar-refractivity contribution in [3.63, 3.8) is 0 Å². The van der Waals surface area contributed by atoms with E-state index >= 15 is 0 Å². The number of aliphatic hydroxyl groups is 1. The number of anilines is 1. The monoisotopic (exact) mass is 703 g/mol. The van der Waals surface area contributed by atoms with Gasteiger partial charge in [0.25, 0.3) is 15.1 Å². The van der Waals surface area contributed by atoms with E-state index in [1.54, 1.807) is 18.2 Å². The van der Waals surface area contributed by atoms with Crippen molar-refractivity contribution in [3.05, 3.63) is 70.3 Å². The van der Waals surface area contributed by atoms with E-state index in [9.17, 15) is 52.3 Å². The Kier molecular flexibility index (Phi) is 11.7. The molecule has 46 heavy (non-hydrogen) atoms. The molecule has 3 rings (SSSR count). The van der Waals surface area contributed by atoms with E-state index in [0.29, 0.717) is 5.39 Å². The molecule has 0 fully saturated rings. The fourth-order valence-electron chi connectivity index (χ4n) is 4.42. The summed E-state index contributed by atoms with van der Waals surface area (Å²) in [4.78, 5) is 53.4. The number of benzene rings is 3. The zero-order valence-electron chi connectivity index (χ0n) is 25.0. The number of hydrogen-bond acceptors (Lipinski definition) is 11. The van der Waals surface area contributed by atoms with E-state index in [4.69, 9.17) is 4.74 Å². The minimum atomic E-state index is -5.58. The Morgan fingerprint density at radius 3 is 2.24 bits per heavy atom. The van der Waals surface area contributed by atoms with Gasteiger partial charge in [-0.2, -0.15) is 13.5 Å². The maximum Gasteiger partial charge on any atom is 0.369 e. The van der Waals surface area contributed by atoms with Gasteiger partial charge in [0.05, 0.1) is 22.6 Å².